The Hall–Kier alpha value is -1.64. The fraction of sp³-hybridized carbons (Fsp3) is 0.429. The summed E-state index contributed by atoms with van der Waals surface area (Å²) in [7, 11) is 0. The lowest BCUT2D eigenvalue weighted by molar-refractivity contribution is -0.139. The summed E-state index contributed by atoms with van der Waals surface area (Å²) in [5.74, 6) is 0.357. The maximum Gasteiger partial charge on any atom is 0.230 e. The van der Waals surface area contributed by atoms with Crippen molar-refractivity contribution in [3.8, 4) is 0 Å². The molecule has 0 spiro atoms. The molecule has 1 aromatic carbocycles. The minimum absolute atomic E-state index is 0.0240. The van der Waals surface area contributed by atoms with E-state index in [-0.39, 0.29) is 18.1 Å². The molecule has 0 aliphatic carbocycles. The second-order valence-corrected chi connectivity index (χ2v) is 4.62. The summed E-state index contributed by atoms with van der Waals surface area (Å²) >= 11 is 0. The minimum atomic E-state index is -0.0240. The standard InChI is InChI=1S/C14H17NO2/c1-11(12-5-3-2-4-6-12)10-15-8-7-13(16)9-14(15)17/h2-6,11H,7-10H2,1H3. The number of carbonyl (C=O) groups is 2. The summed E-state index contributed by atoms with van der Waals surface area (Å²) in [5, 5.41) is 0. The zero-order valence-corrected chi connectivity index (χ0v) is 10.1. The van der Waals surface area contributed by atoms with Crippen molar-refractivity contribution in [2.75, 3.05) is 13.1 Å². The zero-order valence-electron chi connectivity index (χ0n) is 10.1. The van der Waals surface area contributed by atoms with Gasteiger partial charge < -0.3 is 4.90 Å². The normalized spacial score (nSPS) is 18.3. The number of amides is 1. The lowest BCUT2D eigenvalue weighted by Gasteiger charge is -2.28. The van der Waals surface area contributed by atoms with E-state index < -0.39 is 0 Å². The largest absolute Gasteiger partial charge is 0.341 e. The molecule has 1 amide bonds. The van der Waals surface area contributed by atoms with Crippen LogP contribution in [0.4, 0.5) is 0 Å². The predicted octanol–water partition coefficient (Wildman–Crippen LogP) is 1.98. The molecular formula is C14H17NO2. The van der Waals surface area contributed by atoms with Crippen molar-refractivity contribution in [3.63, 3.8) is 0 Å². The number of ketones is 1. The Bertz CT molecular complexity index is 413. The Kier molecular flexibility index (Phi) is 3.57. The number of piperidine rings is 1. The van der Waals surface area contributed by atoms with Gasteiger partial charge in [0, 0.05) is 19.5 Å². The van der Waals surface area contributed by atoms with Crippen LogP contribution in [0.2, 0.25) is 0 Å². The molecule has 2 rings (SSSR count). The van der Waals surface area contributed by atoms with Gasteiger partial charge in [0.25, 0.3) is 0 Å². The molecule has 1 aliphatic heterocycles. The van der Waals surface area contributed by atoms with Gasteiger partial charge in [0.05, 0.1) is 6.42 Å². The maximum absolute atomic E-state index is 11.7. The summed E-state index contributed by atoms with van der Waals surface area (Å²) in [6.45, 7) is 3.39. The summed E-state index contributed by atoms with van der Waals surface area (Å²) in [6, 6.07) is 10.1. The fourth-order valence-electron chi connectivity index (χ4n) is 2.16. The third kappa shape index (κ3) is 2.93. The lowest BCUT2D eigenvalue weighted by Crippen LogP contribution is -2.40. The van der Waals surface area contributed by atoms with E-state index >= 15 is 0 Å². The van der Waals surface area contributed by atoms with Crippen LogP contribution in [-0.4, -0.2) is 29.7 Å². The number of rotatable bonds is 3. The molecule has 90 valence electrons. The minimum Gasteiger partial charge on any atom is -0.341 e. The van der Waals surface area contributed by atoms with Gasteiger partial charge in [-0.25, -0.2) is 0 Å². The molecule has 0 saturated carbocycles. The van der Waals surface area contributed by atoms with Crippen molar-refractivity contribution in [3.05, 3.63) is 35.9 Å². The van der Waals surface area contributed by atoms with Gasteiger partial charge in [0.2, 0.25) is 5.91 Å². The average molecular weight is 231 g/mol. The van der Waals surface area contributed by atoms with E-state index in [0.717, 1.165) is 0 Å². The highest BCUT2D eigenvalue weighted by Crippen LogP contribution is 2.18. The maximum atomic E-state index is 11.7. The van der Waals surface area contributed by atoms with Crippen molar-refractivity contribution in [1.29, 1.82) is 0 Å². The van der Waals surface area contributed by atoms with E-state index in [2.05, 4.69) is 19.1 Å². The van der Waals surface area contributed by atoms with Crippen LogP contribution in [-0.2, 0) is 9.59 Å². The Balaban J connectivity index is 1.97. The summed E-state index contributed by atoms with van der Waals surface area (Å²) in [5.41, 5.74) is 1.23. The van der Waals surface area contributed by atoms with E-state index in [9.17, 15) is 9.59 Å². The van der Waals surface area contributed by atoms with Crippen LogP contribution in [0.3, 0.4) is 0 Å². The van der Waals surface area contributed by atoms with Crippen LogP contribution in [0.5, 0.6) is 0 Å². The van der Waals surface area contributed by atoms with E-state index in [0.29, 0.717) is 25.4 Å². The highest BCUT2D eigenvalue weighted by Gasteiger charge is 2.24. The molecule has 17 heavy (non-hydrogen) atoms. The van der Waals surface area contributed by atoms with Crippen LogP contribution < -0.4 is 0 Å². The third-order valence-electron chi connectivity index (χ3n) is 3.22. The molecule has 0 N–H and O–H groups in total. The molecule has 1 aromatic rings. The van der Waals surface area contributed by atoms with Gasteiger partial charge in [-0.05, 0) is 11.5 Å². The molecule has 1 atom stereocenters. The first kappa shape index (κ1) is 11.8. The van der Waals surface area contributed by atoms with Crippen LogP contribution in [0.15, 0.2) is 30.3 Å². The molecule has 1 saturated heterocycles. The third-order valence-corrected chi connectivity index (χ3v) is 3.22. The second-order valence-electron chi connectivity index (χ2n) is 4.62. The molecule has 1 heterocycles. The van der Waals surface area contributed by atoms with Crippen LogP contribution in [0.1, 0.15) is 31.2 Å². The molecule has 0 radical (unpaired) electrons. The van der Waals surface area contributed by atoms with Gasteiger partial charge in [0.15, 0.2) is 0 Å². The number of benzene rings is 1. The van der Waals surface area contributed by atoms with E-state index in [1.807, 2.05) is 18.2 Å². The molecule has 0 aromatic heterocycles. The molecule has 1 fully saturated rings. The SMILES string of the molecule is CC(CN1CCC(=O)CC1=O)c1ccccc1. The highest BCUT2D eigenvalue weighted by molar-refractivity contribution is 6.00. The predicted molar refractivity (Wildman–Crippen MR) is 65.7 cm³/mol. The first-order chi connectivity index (χ1) is 8.16. The van der Waals surface area contributed by atoms with Crippen molar-refractivity contribution in [1.82, 2.24) is 4.90 Å². The topological polar surface area (TPSA) is 37.4 Å². The van der Waals surface area contributed by atoms with Crippen molar-refractivity contribution < 1.29 is 9.59 Å². The fourth-order valence-corrected chi connectivity index (χ4v) is 2.16. The summed E-state index contributed by atoms with van der Waals surface area (Å²) < 4.78 is 0. The Morgan fingerprint density at radius 2 is 1.94 bits per heavy atom. The van der Waals surface area contributed by atoms with Gasteiger partial charge in [-0.2, -0.15) is 0 Å². The zero-order chi connectivity index (χ0) is 12.3. The van der Waals surface area contributed by atoms with Gasteiger partial charge in [-0.1, -0.05) is 37.3 Å². The average Bonchev–Trinajstić information content (AvgIpc) is 2.34. The Morgan fingerprint density at radius 3 is 2.59 bits per heavy atom. The van der Waals surface area contributed by atoms with Crippen LogP contribution >= 0.6 is 0 Å². The van der Waals surface area contributed by atoms with E-state index in [1.165, 1.54) is 5.56 Å². The highest BCUT2D eigenvalue weighted by atomic mass is 16.2. The molecule has 3 heteroatoms. The number of carbonyl (C=O) groups excluding carboxylic acids is 2. The van der Waals surface area contributed by atoms with Gasteiger partial charge in [-0.3, -0.25) is 9.59 Å². The molecule has 1 unspecified atom stereocenters. The smallest absolute Gasteiger partial charge is 0.230 e. The van der Waals surface area contributed by atoms with Crippen molar-refractivity contribution >= 4 is 11.7 Å². The van der Waals surface area contributed by atoms with E-state index in [4.69, 9.17) is 0 Å². The van der Waals surface area contributed by atoms with Crippen molar-refractivity contribution in [2.24, 2.45) is 0 Å². The number of hydrogen-bond donors (Lipinski definition) is 0. The first-order valence-electron chi connectivity index (χ1n) is 6.01. The Labute approximate surface area is 101 Å². The molecule has 0 bridgehead atoms. The molecule has 3 nitrogen and oxygen atoms in total. The number of nitrogens with zero attached hydrogens (tertiary/aromatic N) is 1. The number of hydrogen-bond acceptors (Lipinski definition) is 2. The van der Waals surface area contributed by atoms with Gasteiger partial charge >= 0.3 is 0 Å². The van der Waals surface area contributed by atoms with Gasteiger partial charge in [-0.15, -0.1) is 0 Å². The quantitative estimate of drug-likeness (QED) is 0.746. The second kappa shape index (κ2) is 5.13. The number of Topliss-reactive ketones (excluding diaryl/α,β-unsaturated/α-hetero) is 1. The summed E-state index contributed by atoms with van der Waals surface area (Å²) in [6.07, 6.45) is 0.592. The van der Waals surface area contributed by atoms with Crippen molar-refractivity contribution in [2.45, 2.75) is 25.7 Å². The molecule has 1 aliphatic rings. The van der Waals surface area contributed by atoms with Gasteiger partial charge in [0.1, 0.15) is 5.78 Å². The molecular weight excluding hydrogens is 214 g/mol. The summed E-state index contributed by atoms with van der Waals surface area (Å²) in [4.78, 5) is 24.6. The number of likely N-dealkylation sites (tertiary alicyclic amines) is 1. The Morgan fingerprint density at radius 1 is 1.24 bits per heavy atom. The van der Waals surface area contributed by atoms with Crippen LogP contribution in [0.25, 0.3) is 0 Å². The first-order valence-corrected chi connectivity index (χ1v) is 6.01. The van der Waals surface area contributed by atoms with E-state index in [1.54, 1.807) is 4.90 Å². The van der Waals surface area contributed by atoms with Crippen LogP contribution in [0, 0.1) is 0 Å². The lowest BCUT2D eigenvalue weighted by atomic mass is 9.99. The monoisotopic (exact) mass is 231 g/mol.